The Labute approximate surface area is 179 Å². The number of hydrogen-bond donors (Lipinski definition) is 0. The highest BCUT2D eigenvalue weighted by molar-refractivity contribution is 7.18. The second kappa shape index (κ2) is 8.35. The molecule has 158 valence electrons. The maximum Gasteiger partial charge on any atom is 0.254 e. The molecule has 9 heteroatoms. The van der Waals surface area contributed by atoms with Crippen molar-refractivity contribution in [1.29, 1.82) is 0 Å². The average molecular weight is 429 g/mol. The van der Waals surface area contributed by atoms with E-state index in [0.717, 1.165) is 16.0 Å². The highest BCUT2D eigenvalue weighted by Crippen LogP contribution is 2.38. The standard InChI is InChI=1S/C21H24N4O4S/c1-13-9-15-19(22-12-23-20(15)30-13)24-5-7-25(8-6-24)21(26)14-10-16(27-2)18(29-4)17(11-14)28-3/h9-12H,5-8H2,1-4H3. The number of aromatic nitrogens is 2. The number of anilines is 1. The second-order valence-electron chi connectivity index (χ2n) is 6.97. The lowest BCUT2D eigenvalue weighted by molar-refractivity contribution is 0.0745. The van der Waals surface area contributed by atoms with E-state index in [0.29, 0.717) is 49.0 Å². The molecule has 1 aliphatic heterocycles. The van der Waals surface area contributed by atoms with E-state index in [4.69, 9.17) is 14.2 Å². The number of ether oxygens (including phenoxy) is 3. The lowest BCUT2D eigenvalue weighted by Gasteiger charge is -2.35. The number of aryl methyl sites for hydroxylation is 1. The molecule has 30 heavy (non-hydrogen) atoms. The van der Waals surface area contributed by atoms with Crippen LogP contribution in [0, 0.1) is 6.92 Å². The lowest BCUT2D eigenvalue weighted by Crippen LogP contribution is -2.49. The fraction of sp³-hybridized carbons (Fsp3) is 0.381. The molecule has 1 aromatic carbocycles. The predicted octanol–water partition coefficient (Wildman–Crippen LogP) is 2.99. The minimum atomic E-state index is -0.0619. The number of hydrogen-bond acceptors (Lipinski definition) is 8. The molecular weight excluding hydrogens is 404 g/mol. The van der Waals surface area contributed by atoms with Crippen LogP contribution in [0.1, 0.15) is 15.2 Å². The molecule has 4 rings (SSSR count). The van der Waals surface area contributed by atoms with Crippen LogP contribution in [-0.2, 0) is 0 Å². The van der Waals surface area contributed by atoms with Crippen LogP contribution in [0.25, 0.3) is 10.2 Å². The Bertz CT molecular complexity index is 1050. The fourth-order valence-electron chi connectivity index (χ4n) is 3.72. The molecule has 8 nitrogen and oxygen atoms in total. The number of carbonyl (C=O) groups excluding carboxylic acids is 1. The van der Waals surface area contributed by atoms with Crippen LogP contribution >= 0.6 is 11.3 Å². The molecule has 1 amide bonds. The van der Waals surface area contributed by atoms with Gasteiger partial charge in [-0.25, -0.2) is 9.97 Å². The van der Waals surface area contributed by atoms with Crippen molar-refractivity contribution in [3.05, 3.63) is 35.0 Å². The van der Waals surface area contributed by atoms with Crippen LogP contribution in [-0.4, -0.2) is 68.3 Å². The maximum atomic E-state index is 13.1. The van der Waals surface area contributed by atoms with Gasteiger partial charge in [-0.2, -0.15) is 0 Å². The van der Waals surface area contributed by atoms with E-state index in [1.54, 1.807) is 51.1 Å². The topological polar surface area (TPSA) is 77.0 Å². The Balaban J connectivity index is 1.52. The number of nitrogens with zero attached hydrogens (tertiary/aromatic N) is 4. The minimum Gasteiger partial charge on any atom is -0.493 e. The van der Waals surface area contributed by atoms with Gasteiger partial charge in [0.25, 0.3) is 5.91 Å². The maximum absolute atomic E-state index is 13.1. The number of rotatable bonds is 5. The van der Waals surface area contributed by atoms with Crippen molar-refractivity contribution in [2.45, 2.75) is 6.92 Å². The zero-order valence-corrected chi connectivity index (χ0v) is 18.3. The first kappa shape index (κ1) is 20.2. The Morgan fingerprint density at radius 1 is 0.967 bits per heavy atom. The third-order valence-corrected chi connectivity index (χ3v) is 6.17. The first-order valence-electron chi connectivity index (χ1n) is 9.61. The summed E-state index contributed by atoms with van der Waals surface area (Å²) in [6.45, 7) is 4.69. The van der Waals surface area contributed by atoms with Crippen molar-refractivity contribution in [2.24, 2.45) is 0 Å². The summed E-state index contributed by atoms with van der Waals surface area (Å²) in [6.07, 6.45) is 1.61. The lowest BCUT2D eigenvalue weighted by atomic mass is 10.1. The van der Waals surface area contributed by atoms with Gasteiger partial charge in [-0.15, -0.1) is 11.3 Å². The van der Waals surface area contributed by atoms with Crippen molar-refractivity contribution in [2.75, 3.05) is 52.4 Å². The summed E-state index contributed by atoms with van der Waals surface area (Å²) in [6, 6.07) is 5.51. The van der Waals surface area contributed by atoms with Gasteiger partial charge in [-0.1, -0.05) is 0 Å². The van der Waals surface area contributed by atoms with Gasteiger partial charge in [0.15, 0.2) is 11.5 Å². The van der Waals surface area contributed by atoms with E-state index in [-0.39, 0.29) is 5.91 Å². The van der Waals surface area contributed by atoms with Gasteiger partial charge in [-0.3, -0.25) is 4.79 Å². The molecule has 3 aromatic rings. The van der Waals surface area contributed by atoms with Crippen LogP contribution in [0.15, 0.2) is 24.5 Å². The molecular formula is C21H24N4O4S. The quantitative estimate of drug-likeness (QED) is 0.618. The normalized spacial score (nSPS) is 14.1. The van der Waals surface area contributed by atoms with Crippen molar-refractivity contribution >= 4 is 33.3 Å². The van der Waals surface area contributed by atoms with Crippen LogP contribution in [0.3, 0.4) is 0 Å². The molecule has 1 fully saturated rings. The Hall–Kier alpha value is -3.07. The molecule has 1 saturated heterocycles. The molecule has 0 saturated carbocycles. The van der Waals surface area contributed by atoms with Crippen LogP contribution in [0.2, 0.25) is 0 Å². The van der Waals surface area contributed by atoms with Gasteiger partial charge in [0.2, 0.25) is 5.75 Å². The summed E-state index contributed by atoms with van der Waals surface area (Å²) in [5, 5.41) is 1.07. The zero-order valence-electron chi connectivity index (χ0n) is 17.5. The molecule has 0 spiro atoms. The summed E-state index contributed by atoms with van der Waals surface area (Å²) in [5.41, 5.74) is 0.510. The Morgan fingerprint density at radius 2 is 1.63 bits per heavy atom. The molecule has 0 aliphatic carbocycles. The van der Waals surface area contributed by atoms with Crippen LogP contribution in [0.5, 0.6) is 17.2 Å². The number of amides is 1. The van der Waals surface area contributed by atoms with E-state index < -0.39 is 0 Å². The van der Waals surface area contributed by atoms with Crippen molar-refractivity contribution in [1.82, 2.24) is 14.9 Å². The number of carbonyl (C=O) groups is 1. The van der Waals surface area contributed by atoms with E-state index in [1.165, 1.54) is 4.88 Å². The van der Waals surface area contributed by atoms with Gasteiger partial charge in [0.05, 0.1) is 26.7 Å². The largest absolute Gasteiger partial charge is 0.493 e. The van der Waals surface area contributed by atoms with E-state index >= 15 is 0 Å². The second-order valence-corrected chi connectivity index (χ2v) is 8.20. The molecule has 0 unspecified atom stereocenters. The molecule has 0 radical (unpaired) electrons. The van der Waals surface area contributed by atoms with Gasteiger partial charge < -0.3 is 24.0 Å². The first-order chi connectivity index (χ1) is 14.5. The highest BCUT2D eigenvalue weighted by atomic mass is 32.1. The summed E-state index contributed by atoms with van der Waals surface area (Å²) >= 11 is 1.67. The predicted molar refractivity (Wildman–Crippen MR) is 116 cm³/mol. The summed E-state index contributed by atoms with van der Waals surface area (Å²) in [5.74, 6) is 2.28. The van der Waals surface area contributed by atoms with E-state index in [2.05, 4.69) is 27.9 Å². The fourth-order valence-corrected chi connectivity index (χ4v) is 4.57. The number of thiophene rings is 1. The first-order valence-corrected chi connectivity index (χ1v) is 10.4. The van der Waals surface area contributed by atoms with Crippen LogP contribution < -0.4 is 19.1 Å². The van der Waals surface area contributed by atoms with Gasteiger partial charge in [-0.05, 0) is 25.1 Å². The third kappa shape index (κ3) is 3.60. The molecule has 0 bridgehead atoms. The number of fused-ring (bicyclic) bond motifs is 1. The van der Waals surface area contributed by atoms with Gasteiger partial charge in [0.1, 0.15) is 17.0 Å². The van der Waals surface area contributed by atoms with Gasteiger partial charge in [0, 0.05) is 36.6 Å². The molecule has 1 aliphatic rings. The minimum absolute atomic E-state index is 0.0619. The Kier molecular flexibility index (Phi) is 5.63. The molecule has 0 N–H and O–H groups in total. The monoisotopic (exact) mass is 428 g/mol. The molecule has 2 aromatic heterocycles. The van der Waals surface area contributed by atoms with E-state index in [9.17, 15) is 4.79 Å². The summed E-state index contributed by atoms with van der Waals surface area (Å²) in [4.78, 5) is 28.3. The summed E-state index contributed by atoms with van der Waals surface area (Å²) in [7, 11) is 4.62. The van der Waals surface area contributed by atoms with Crippen molar-refractivity contribution in [3.63, 3.8) is 0 Å². The number of piperazine rings is 1. The van der Waals surface area contributed by atoms with E-state index in [1.807, 2.05) is 4.90 Å². The molecule has 0 atom stereocenters. The van der Waals surface area contributed by atoms with Crippen LogP contribution in [0.4, 0.5) is 5.82 Å². The van der Waals surface area contributed by atoms with Gasteiger partial charge >= 0.3 is 0 Å². The summed E-state index contributed by atoms with van der Waals surface area (Å²) < 4.78 is 16.1. The van der Waals surface area contributed by atoms with Crippen molar-refractivity contribution in [3.8, 4) is 17.2 Å². The smallest absolute Gasteiger partial charge is 0.254 e. The Morgan fingerprint density at radius 3 is 2.23 bits per heavy atom. The SMILES string of the molecule is COc1cc(C(=O)N2CCN(c3ncnc4sc(C)cc34)CC2)cc(OC)c1OC. The average Bonchev–Trinajstić information content (AvgIpc) is 3.17. The highest BCUT2D eigenvalue weighted by Gasteiger charge is 2.26. The third-order valence-electron chi connectivity index (χ3n) is 5.21. The molecule has 3 heterocycles. The number of benzene rings is 1. The number of methoxy groups -OCH3 is 3. The van der Waals surface area contributed by atoms with Crippen molar-refractivity contribution < 1.29 is 19.0 Å². The zero-order chi connectivity index (χ0) is 21.3.